The lowest BCUT2D eigenvalue weighted by Gasteiger charge is -2.55. The smallest absolute Gasteiger partial charge is 0.296 e. The van der Waals surface area contributed by atoms with Crippen LogP contribution in [0.25, 0.3) is 0 Å². The molecule has 5 nitrogen and oxygen atoms in total. The minimum Gasteiger partial charge on any atom is -0.467 e. The molecular formula is C22H16BrFN2O3S. The van der Waals surface area contributed by atoms with Crippen molar-refractivity contribution in [3.8, 4) is 5.75 Å². The first kappa shape index (κ1) is 19.3. The summed E-state index contributed by atoms with van der Waals surface area (Å²) in [7, 11) is 0. The standard InChI is InChI=1S/C22H16BrFN2O3S/c1-22-12-16(15-4-2-3-5-17(15)29-22)25(20(27)18-10-11-19(23)28-18)21(30)26(22)14-8-6-13(24)7-9-14/h2-11,16H,12H2,1H3. The average Bonchev–Trinajstić information content (AvgIpc) is 3.15. The van der Waals surface area contributed by atoms with E-state index in [1.54, 1.807) is 34.1 Å². The number of carbonyl (C=O) groups is 1. The second-order valence-corrected chi connectivity index (χ2v) is 8.55. The van der Waals surface area contributed by atoms with Crippen molar-refractivity contribution in [2.75, 3.05) is 4.90 Å². The van der Waals surface area contributed by atoms with Crippen molar-refractivity contribution in [1.82, 2.24) is 4.90 Å². The van der Waals surface area contributed by atoms with Crippen molar-refractivity contribution in [3.63, 3.8) is 0 Å². The van der Waals surface area contributed by atoms with Gasteiger partial charge in [-0.2, -0.15) is 0 Å². The Balaban J connectivity index is 1.67. The number of nitrogens with zero attached hydrogens (tertiary/aromatic N) is 2. The highest BCUT2D eigenvalue weighted by molar-refractivity contribution is 9.10. The SMILES string of the molecule is CC12CC(c3ccccc3O1)N(C(=O)c1ccc(Br)o1)C(=S)N2c1ccc(F)cc1. The van der Waals surface area contributed by atoms with Crippen molar-refractivity contribution in [2.45, 2.75) is 25.1 Å². The predicted molar refractivity (Wildman–Crippen MR) is 117 cm³/mol. The van der Waals surface area contributed by atoms with Gasteiger partial charge in [0.25, 0.3) is 5.91 Å². The molecule has 2 unspecified atom stereocenters. The highest BCUT2D eigenvalue weighted by atomic mass is 79.9. The van der Waals surface area contributed by atoms with Gasteiger partial charge < -0.3 is 9.15 Å². The van der Waals surface area contributed by atoms with Crippen LogP contribution in [-0.2, 0) is 0 Å². The van der Waals surface area contributed by atoms with Crippen LogP contribution in [0.4, 0.5) is 10.1 Å². The van der Waals surface area contributed by atoms with Gasteiger partial charge in [0, 0.05) is 17.7 Å². The predicted octanol–water partition coefficient (Wildman–Crippen LogP) is 5.67. The number of anilines is 1. The molecule has 1 aromatic heterocycles. The fourth-order valence-electron chi connectivity index (χ4n) is 4.16. The molecule has 0 radical (unpaired) electrons. The largest absolute Gasteiger partial charge is 0.467 e. The van der Waals surface area contributed by atoms with Crippen LogP contribution in [0.5, 0.6) is 5.75 Å². The van der Waals surface area contributed by atoms with Crippen LogP contribution in [0, 0.1) is 5.82 Å². The van der Waals surface area contributed by atoms with Gasteiger partial charge in [0.2, 0.25) is 0 Å². The third-order valence-electron chi connectivity index (χ3n) is 5.45. The van der Waals surface area contributed by atoms with E-state index in [2.05, 4.69) is 15.9 Å². The number of amides is 1. The molecule has 152 valence electrons. The number of halogens is 2. The van der Waals surface area contributed by atoms with Gasteiger partial charge >= 0.3 is 0 Å². The summed E-state index contributed by atoms with van der Waals surface area (Å²) in [6, 6.07) is 16.5. The summed E-state index contributed by atoms with van der Waals surface area (Å²) in [5, 5.41) is 0.271. The van der Waals surface area contributed by atoms with Gasteiger partial charge in [0.1, 0.15) is 11.6 Å². The van der Waals surface area contributed by atoms with Gasteiger partial charge in [0.15, 0.2) is 21.3 Å². The number of hydrogen-bond acceptors (Lipinski definition) is 4. The van der Waals surface area contributed by atoms with Crippen molar-refractivity contribution in [3.05, 3.63) is 82.5 Å². The Bertz CT molecular complexity index is 1170. The first-order valence-electron chi connectivity index (χ1n) is 9.34. The molecule has 0 aliphatic carbocycles. The second kappa shape index (κ2) is 6.92. The molecule has 0 spiro atoms. The van der Waals surface area contributed by atoms with E-state index in [1.807, 2.05) is 31.2 Å². The Morgan fingerprint density at radius 2 is 1.90 bits per heavy atom. The van der Waals surface area contributed by atoms with E-state index in [9.17, 15) is 9.18 Å². The summed E-state index contributed by atoms with van der Waals surface area (Å²) in [4.78, 5) is 16.8. The van der Waals surface area contributed by atoms with Crippen LogP contribution >= 0.6 is 28.1 Å². The monoisotopic (exact) mass is 486 g/mol. The molecule has 30 heavy (non-hydrogen) atoms. The molecule has 2 bridgehead atoms. The minimum atomic E-state index is -0.839. The fraction of sp³-hybridized carbons (Fsp3) is 0.182. The summed E-state index contributed by atoms with van der Waals surface area (Å²) in [5.41, 5.74) is 0.685. The summed E-state index contributed by atoms with van der Waals surface area (Å²) >= 11 is 9.05. The van der Waals surface area contributed by atoms with Gasteiger partial charge in [0.05, 0.1) is 6.04 Å². The second-order valence-electron chi connectivity index (χ2n) is 7.41. The molecule has 3 heterocycles. The zero-order valence-electron chi connectivity index (χ0n) is 15.8. The molecule has 2 aromatic carbocycles. The van der Waals surface area contributed by atoms with Crippen molar-refractivity contribution in [2.24, 2.45) is 0 Å². The zero-order valence-corrected chi connectivity index (χ0v) is 18.2. The van der Waals surface area contributed by atoms with Gasteiger partial charge in [-0.1, -0.05) is 18.2 Å². The molecular weight excluding hydrogens is 471 g/mol. The van der Waals surface area contributed by atoms with Crippen molar-refractivity contribution >= 4 is 44.9 Å². The number of ether oxygens (including phenoxy) is 1. The number of rotatable bonds is 2. The lowest BCUT2D eigenvalue weighted by atomic mass is 9.88. The first-order valence-corrected chi connectivity index (χ1v) is 10.5. The number of benzene rings is 2. The summed E-state index contributed by atoms with van der Waals surface area (Å²) in [5.74, 6) is 0.162. The molecule has 3 aromatic rings. The van der Waals surface area contributed by atoms with E-state index in [0.717, 1.165) is 5.56 Å². The Morgan fingerprint density at radius 1 is 1.17 bits per heavy atom. The van der Waals surface area contributed by atoms with Crippen LogP contribution in [-0.4, -0.2) is 21.6 Å². The molecule has 1 saturated heterocycles. The lowest BCUT2D eigenvalue weighted by Crippen LogP contribution is -2.67. The molecule has 5 rings (SSSR count). The van der Waals surface area contributed by atoms with Crippen molar-refractivity contribution in [1.29, 1.82) is 0 Å². The Morgan fingerprint density at radius 3 is 2.60 bits per heavy atom. The summed E-state index contributed by atoms with van der Waals surface area (Å²) in [6.45, 7) is 1.93. The highest BCUT2D eigenvalue weighted by Crippen LogP contribution is 2.49. The molecule has 2 aliphatic heterocycles. The molecule has 0 N–H and O–H groups in total. The zero-order chi connectivity index (χ0) is 21.0. The minimum absolute atomic E-state index is 0.177. The number of furan rings is 1. The number of thiocarbonyl (C=S) groups is 1. The van der Waals surface area contributed by atoms with Crippen LogP contribution in [0.2, 0.25) is 0 Å². The van der Waals surface area contributed by atoms with E-state index in [4.69, 9.17) is 21.4 Å². The van der Waals surface area contributed by atoms with E-state index < -0.39 is 5.72 Å². The Kier molecular flexibility index (Phi) is 4.44. The maximum Gasteiger partial charge on any atom is 0.296 e. The third kappa shape index (κ3) is 2.94. The third-order valence-corrected chi connectivity index (χ3v) is 6.26. The van der Waals surface area contributed by atoms with E-state index in [1.165, 1.54) is 12.1 Å². The van der Waals surface area contributed by atoms with Crippen LogP contribution in [0.3, 0.4) is 0 Å². The highest BCUT2D eigenvalue weighted by Gasteiger charge is 2.53. The van der Waals surface area contributed by atoms with Gasteiger partial charge in [-0.15, -0.1) is 0 Å². The topological polar surface area (TPSA) is 45.9 Å². The number of carbonyl (C=O) groups excluding carboxylic acids is 1. The van der Waals surface area contributed by atoms with E-state index >= 15 is 0 Å². The first-order chi connectivity index (χ1) is 14.4. The summed E-state index contributed by atoms with van der Waals surface area (Å²) < 4.78 is 25.9. The number of fused-ring (bicyclic) bond motifs is 4. The molecule has 2 aliphatic rings. The maximum atomic E-state index is 13.6. The van der Waals surface area contributed by atoms with Gasteiger partial charge in [-0.3, -0.25) is 14.6 Å². The van der Waals surface area contributed by atoms with Gasteiger partial charge in [-0.05, 0) is 77.5 Å². The number of para-hydroxylation sites is 1. The lowest BCUT2D eigenvalue weighted by molar-refractivity contribution is 0.0173. The van der Waals surface area contributed by atoms with Crippen LogP contribution in [0.1, 0.15) is 35.5 Å². The average molecular weight is 487 g/mol. The van der Waals surface area contributed by atoms with Crippen LogP contribution in [0.15, 0.2) is 69.8 Å². The molecule has 2 atom stereocenters. The normalized spacial score (nSPS) is 22.5. The Labute approximate surface area is 186 Å². The summed E-state index contributed by atoms with van der Waals surface area (Å²) in [6.07, 6.45) is 0.481. The fourth-order valence-corrected chi connectivity index (χ4v) is 4.97. The maximum absolute atomic E-state index is 13.6. The van der Waals surface area contributed by atoms with Crippen LogP contribution < -0.4 is 9.64 Å². The van der Waals surface area contributed by atoms with Gasteiger partial charge in [-0.25, -0.2) is 4.39 Å². The molecule has 8 heteroatoms. The van der Waals surface area contributed by atoms with Crippen molar-refractivity contribution < 1.29 is 18.3 Å². The molecule has 1 amide bonds. The molecule has 0 saturated carbocycles. The van der Waals surface area contributed by atoms with E-state index in [0.29, 0.717) is 22.5 Å². The van der Waals surface area contributed by atoms with E-state index in [-0.39, 0.29) is 28.6 Å². The number of hydrogen-bond donors (Lipinski definition) is 0. The quantitative estimate of drug-likeness (QED) is 0.436. The molecule has 1 fully saturated rings. The Hall–Kier alpha value is -2.71.